The highest BCUT2D eigenvalue weighted by molar-refractivity contribution is 7.89. The summed E-state index contributed by atoms with van der Waals surface area (Å²) in [6, 6.07) is 13.3. The van der Waals surface area contributed by atoms with E-state index in [1.54, 1.807) is 7.11 Å². The predicted molar refractivity (Wildman–Crippen MR) is 88.1 cm³/mol. The molecule has 0 aliphatic heterocycles. The summed E-state index contributed by atoms with van der Waals surface area (Å²) >= 11 is 5.81. The smallest absolute Gasteiger partial charge is 0.240 e. The molecule has 0 amide bonds. The Morgan fingerprint density at radius 3 is 2.52 bits per heavy atom. The van der Waals surface area contributed by atoms with Crippen LogP contribution in [-0.2, 0) is 16.4 Å². The van der Waals surface area contributed by atoms with Gasteiger partial charge in [0.1, 0.15) is 11.8 Å². The summed E-state index contributed by atoms with van der Waals surface area (Å²) in [4.78, 5) is 0.0215. The Balaban J connectivity index is 2.02. The van der Waals surface area contributed by atoms with Crippen LogP contribution in [0, 0.1) is 11.3 Å². The number of nitrogens with zero attached hydrogens (tertiary/aromatic N) is 1. The molecule has 5 nitrogen and oxygen atoms in total. The molecule has 0 heterocycles. The number of rotatable bonds is 6. The summed E-state index contributed by atoms with van der Waals surface area (Å²) < 4.78 is 32.0. The van der Waals surface area contributed by atoms with Crippen LogP contribution in [0.5, 0.6) is 5.75 Å². The lowest BCUT2D eigenvalue weighted by atomic mass is 10.1. The number of ether oxygens (including phenoxy) is 1. The highest BCUT2D eigenvalue weighted by Gasteiger charge is 2.15. The van der Waals surface area contributed by atoms with Crippen molar-refractivity contribution in [3.05, 3.63) is 58.6 Å². The average molecular weight is 351 g/mol. The molecule has 0 aliphatic rings. The lowest BCUT2D eigenvalue weighted by Crippen LogP contribution is -2.26. The van der Waals surface area contributed by atoms with Crippen LogP contribution >= 0.6 is 11.6 Å². The quantitative estimate of drug-likeness (QED) is 0.868. The SMILES string of the molecule is COc1ccc(CCNS(=O)(=O)c2ccc(Cl)c(C#N)c2)cc1. The van der Waals surface area contributed by atoms with Gasteiger partial charge in [-0.25, -0.2) is 13.1 Å². The monoisotopic (exact) mass is 350 g/mol. The van der Waals surface area contributed by atoms with Gasteiger partial charge in [0.25, 0.3) is 0 Å². The van der Waals surface area contributed by atoms with E-state index < -0.39 is 10.0 Å². The molecule has 0 radical (unpaired) electrons. The molecule has 0 spiro atoms. The Labute approximate surface area is 140 Å². The largest absolute Gasteiger partial charge is 0.497 e. The van der Waals surface area contributed by atoms with Crippen LogP contribution in [0.25, 0.3) is 0 Å². The molecule has 1 N–H and O–H groups in total. The molecule has 0 bridgehead atoms. The predicted octanol–water partition coefficient (Wildman–Crippen LogP) is 2.74. The maximum absolute atomic E-state index is 12.2. The van der Waals surface area contributed by atoms with Crippen molar-refractivity contribution in [2.24, 2.45) is 0 Å². The average Bonchev–Trinajstić information content (AvgIpc) is 2.55. The van der Waals surface area contributed by atoms with E-state index >= 15 is 0 Å². The van der Waals surface area contributed by atoms with Crippen LogP contribution < -0.4 is 9.46 Å². The summed E-state index contributed by atoms with van der Waals surface area (Å²) in [6.07, 6.45) is 0.544. The van der Waals surface area contributed by atoms with E-state index in [2.05, 4.69) is 4.72 Å². The molecule has 0 fully saturated rings. The molecule has 2 aromatic carbocycles. The second-order valence-electron chi connectivity index (χ2n) is 4.75. The zero-order valence-electron chi connectivity index (χ0n) is 12.4. The third-order valence-corrected chi connectivity index (χ3v) is 5.02. The fourth-order valence-corrected chi connectivity index (χ4v) is 3.18. The molecular formula is C16H15ClN2O3S. The molecular weight excluding hydrogens is 336 g/mol. The molecule has 7 heteroatoms. The Kier molecular flexibility index (Phi) is 5.61. The number of halogens is 1. The van der Waals surface area contributed by atoms with E-state index in [-0.39, 0.29) is 22.0 Å². The first-order chi connectivity index (χ1) is 11.0. The molecule has 120 valence electrons. The van der Waals surface area contributed by atoms with Gasteiger partial charge in [-0.05, 0) is 42.3 Å². The zero-order valence-corrected chi connectivity index (χ0v) is 14.0. The zero-order chi connectivity index (χ0) is 16.9. The van der Waals surface area contributed by atoms with Crippen LogP contribution in [0.15, 0.2) is 47.4 Å². The fourth-order valence-electron chi connectivity index (χ4n) is 1.96. The second-order valence-corrected chi connectivity index (χ2v) is 6.92. The summed E-state index contributed by atoms with van der Waals surface area (Å²) in [5, 5.41) is 9.14. The van der Waals surface area contributed by atoms with Crippen LogP contribution in [-0.4, -0.2) is 22.1 Å². The van der Waals surface area contributed by atoms with Crippen molar-refractivity contribution >= 4 is 21.6 Å². The van der Waals surface area contributed by atoms with Crippen molar-refractivity contribution in [2.45, 2.75) is 11.3 Å². The van der Waals surface area contributed by atoms with Crippen molar-refractivity contribution in [1.82, 2.24) is 4.72 Å². The van der Waals surface area contributed by atoms with Crippen molar-refractivity contribution in [3.63, 3.8) is 0 Å². The minimum absolute atomic E-state index is 0.0215. The first kappa shape index (κ1) is 17.3. The van der Waals surface area contributed by atoms with E-state index in [0.29, 0.717) is 6.42 Å². The van der Waals surface area contributed by atoms with Gasteiger partial charge in [0.2, 0.25) is 10.0 Å². The molecule has 0 saturated carbocycles. The van der Waals surface area contributed by atoms with Gasteiger partial charge in [0.15, 0.2) is 0 Å². The second kappa shape index (κ2) is 7.47. The number of benzene rings is 2. The van der Waals surface area contributed by atoms with E-state index in [9.17, 15) is 8.42 Å². The van der Waals surface area contributed by atoms with Crippen LogP contribution in [0.2, 0.25) is 5.02 Å². The molecule has 0 saturated heterocycles. The minimum atomic E-state index is -3.68. The topological polar surface area (TPSA) is 79.2 Å². The van der Waals surface area contributed by atoms with E-state index in [0.717, 1.165) is 11.3 Å². The Bertz CT molecular complexity index is 827. The van der Waals surface area contributed by atoms with Gasteiger partial charge in [-0.1, -0.05) is 23.7 Å². The number of methoxy groups -OCH3 is 1. The van der Waals surface area contributed by atoms with Gasteiger partial charge in [0.05, 0.1) is 22.6 Å². The van der Waals surface area contributed by atoms with Gasteiger partial charge in [-0.2, -0.15) is 5.26 Å². The molecule has 0 unspecified atom stereocenters. The van der Waals surface area contributed by atoms with Gasteiger partial charge in [-0.15, -0.1) is 0 Å². The fraction of sp³-hybridized carbons (Fsp3) is 0.188. The van der Waals surface area contributed by atoms with E-state index in [4.69, 9.17) is 21.6 Å². The Morgan fingerprint density at radius 2 is 1.91 bits per heavy atom. The summed E-state index contributed by atoms with van der Waals surface area (Å²) in [5.74, 6) is 0.750. The molecule has 0 aromatic heterocycles. The number of sulfonamides is 1. The molecule has 23 heavy (non-hydrogen) atoms. The number of nitriles is 1. The number of hydrogen-bond acceptors (Lipinski definition) is 4. The minimum Gasteiger partial charge on any atom is -0.497 e. The normalized spacial score (nSPS) is 11.0. The van der Waals surface area contributed by atoms with Crippen LogP contribution in [0.3, 0.4) is 0 Å². The highest BCUT2D eigenvalue weighted by Crippen LogP contribution is 2.19. The molecule has 0 aliphatic carbocycles. The lowest BCUT2D eigenvalue weighted by molar-refractivity contribution is 0.414. The van der Waals surface area contributed by atoms with E-state index in [1.807, 2.05) is 30.3 Å². The standard InChI is InChI=1S/C16H15ClN2O3S/c1-22-14-4-2-12(3-5-14)8-9-19-23(20,21)15-6-7-16(17)13(10-15)11-18/h2-7,10,19H,8-9H2,1H3. The third kappa shape index (κ3) is 4.45. The number of hydrogen-bond donors (Lipinski definition) is 1. The lowest BCUT2D eigenvalue weighted by Gasteiger charge is -2.08. The van der Waals surface area contributed by atoms with Crippen molar-refractivity contribution in [1.29, 1.82) is 5.26 Å². The van der Waals surface area contributed by atoms with E-state index in [1.165, 1.54) is 18.2 Å². The molecule has 2 aromatic rings. The first-order valence-electron chi connectivity index (χ1n) is 6.78. The highest BCUT2D eigenvalue weighted by atomic mass is 35.5. The van der Waals surface area contributed by atoms with Gasteiger partial charge < -0.3 is 4.74 Å². The maximum Gasteiger partial charge on any atom is 0.240 e. The molecule has 2 rings (SSSR count). The Hall–Kier alpha value is -2.07. The van der Waals surface area contributed by atoms with Crippen molar-refractivity contribution < 1.29 is 13.2 Å². The van der Waals surface area contributed by atoms with Crippen LogP contribution in [0.1, 0.15) is 11.1 Å². The van der Waals surface area contributed by atoms with Gasteiger partial charge in [0, 0.05) is 6.54 Å². The summed E-state index contributed by atoms with van der Waals surface area (Å²) in [5.41, 5.74) is 1.12. The first-order valence-corrected chi connectivity index (χ1v) is 8.64. The van der Waals surface area contributed by atoms with Crippen molar-refractivity contribution in [3.8, 4) is 11.8 Å². The number of nitrogens with one attached hydrogen (secondary N) is 1. The third-order valence-electron chi connectivity index (χ3n) is 3.23. The maximum atomic E-state index is 12.2. The summed E-state index contributed by atoms with van der Waals surface area (Å²) in [7, 11) is -2.09. The van der Waals surface area contributed by atoms with Gasteiger partial charge in [-0.3, -0.25) is 0 Å². The van der Waals surface area contributed by atoms with Gasteiger partial charge >= 0.3 is 0 Å². The Morgan fingerprint density at radius 1 is 1.22 bits per heavy atom. The van der Waals surface area contributed by atoms with Crippen LogP contribution in [0.4, 0.5) is 0 Å². The summed E-state index contributed by atoms with van der Waals surface area (Å²) in [6.45, 7) is 0.249. The van der Waals surface area contributed by atoms with Crippen molar-refractivity contribution in [2.75, 3.05) is 13.7 Å². The molecule has 0 atom stereocenters.